The van der Waals surface area contributed by atoms with E-state index in [1.54, 1.807) is 0 Å². The summed E-state index contributed by atoms with van der Waals surface area (Å²) in [5.74, 6) is 1.97. The molecule has 1 aromatic heterocycles. The van der Waals surface area contributed by atoms with Crippen LogP contribution in [0.3, 0.4) is 0 Å². The van der Waals surface area contributed by atoms with E-state index in [0.29, 0.717) is 17.5 Å². The van der Waals surface area contributed by atoms with Gasteiger partial charge in [0.05, 0.1) is 0 Å². The van der Waals surface area contributed by atoms with Crippen LogP contribution in [0.15, 0.2) is 200 Å². The molecule has 4 heteroatoms. The third kappa shape index (κ3) is 5.07. The average molecular weight is 692 g/mol. The number of aromatic nitrogens is 3. The molecule has 0 amide bonds. The third-order valence-corrected chi connectivity index (χ3v) is 15.5. The first-order chi connectivity index (χ1) is 26.3. The van der Waals surface area contributed by atoms with Crippen LogP contribution < -0.4 is 20.7 Å². The number of nitrogens with zero attached hydrogens (tertiary/aromatic N) is 3. The van der Waals surface area contributed by atoms with Gasteiger partial charge in [-0.3, -0.25) is 0 Å². The van der Waals surface area contributed by atoms with Crippen LogP contribution in [0.1, 0.15) is 0 Å². The Labute approximate surface area is 310 Å². The van der Waals surface area contributed by atoms with Crippen molar-refractivity contribution in [1.29, 1.82) is 0 Å². The fourth-order valence-electron chi connectivity index (χ4n) is 8.27. The predicted molar refractivity (Wildman–Crippen MR) is 222 cm³/mol. The van der Waals surface area contributed by atoms with Crippen LogP contribution >= 0.6 is 0 Å². The molecule has 0 N–H and O–H groups in total. The van der Waals surface area contributed by atoms with Gasteiger partial charge in [0, 0.05) is 16.7 Å². The Morgan fingerprint density at radius 1 is 0.302 bits per heavy atom. The van der Waals surface area contributed by atoms with E-state index in [1.165, 1.54) is 48.2 Å². The lowest BCUT2D eigenvalue weighted by molar-refractivity contribution is 1.07. The van der Waals surface area contributed by atoms with Crippen LogP contribution in [0.2, 0.25) is 0 Å². The molecule has 8 aromatic carbocycles. The minimum Gasteiger partial charge on any atom is -0.208 e. The lowest BCUT2D eigenvalue weighted by Gasteiger charge is -2.31. The van der Waals surface area contributed by atoms with Crippen molar-refractivity contribution in [2.75, 3.05) is 0 Å². The Hall–Kier alpha value is -6.75. The van der Waals surface area contributed by atoms with Crippen molar-refractivity contribution in [3.05, 3.63) is 200 Å². The number of hydrogen-bond donors (Lipinski definition) is 0. The molecule has 0 unspecified atom stereocenters. The summed E-state index contributed by atoms with van der Waals surface area (Å²) < 4.78 is 0. The minimum absolute atomic E-state index is 0.650. The van der Waals surface area contributed by atoms with E-state index in [4.69, 9.17) is 15.0 Å². The molecule has 3 nitrogen and oxygen atoms in total. The molecule has 0 aliphatic carbocycles. The molecule has 248 valence electrons. The maximum atomic E-state index is 5.32. The molecule has 0 atom stereocenters. The van der Waals surface area contributed by atoms with E-state index >= 15 is 0 Å². The molecular formula is C49H33N3Si. The minimum atomic E-state index is -2.77. The Kier molecular flexibility index (Phi) is 7.48. The second-order valence-electron chi connectivity index (χ2n) is 13.5. The van der Waals surface area contributed by atoms with Crippen LogP contribution in [0.5, 0.6) is 0 Å². The molecule has 1 aliphatic rings. The quantitative estimate of drug-likeness (QED) is 0.163. The predicted octanol–water partition coefficient (Wildman–Crippen LogP) is 9.05. The molecule has 1 aliphatic heterocycles. The Morgan fingerprint density at radius 3 is 1.42 bits per heavy atom. The number of rotatable bonds is 6. The van der Waals surface area contributed by atoms with Crippen LogP contribution in [0, 0.1) is 0 Å². The molecule has 0 spiro atoms. The second-order valence-corrected chi connectivity index (χ2v) is 17.3. The number of benzene rings is 8. The fourth-order valence-corrected chi connectivity index (χ4v) is 13.5. The Morgan fingerprint density at radius 2 is 0.774 bits per heavy atom. The zero-order valence-electron chi connectivity index (χ0n) is 28.9. The van der Waals surface area contributed by atoms with Crippen molar-refractivity contribution in [1.82, 2.24) is 15.0 Å². The smallest absolute Gasteiger partial charge is 0.180 e. The molecule has 0 saturated heterocycles. The topological polar surface area (TPSA) is 38.7 Å². The summed E-state index contributed by atoms with van der Waals surface area (Å²) in [5, 5.41) is 7.93. The molecule has 0 radical (unpaired) electrons. The van der Waals surface area contributed by atoms with Gasteiger partial charge in [-0.2, -0.15) is 0 Å². The molecular weight excluding hydrogens is 659 g/mol. The highest BCUT2D eigenvalue weighted by atomic mass is 28.3. The molecule has 0 bridgehead atoms. The zero-order chi connectivity index (χ0) is 35.2. The standard InChI is InChI=1S/C49H33N3Si/c1-5-16-34(17-6-1)35-28-30-38(31-29-35)48-50-47(37-19-7-2-8-20-37)51-49(52-48)42-26-15-27-43-46(42)45-41-25-14-13-18-36(41)32-33-44(45)53(43,39-21-9-3-10-22-39)40-23-11-4-12-24-40/h1-33H. The van der Waals surface area contributed by atoms with Crippen LogP contribution in [-0.4, -0.2) is 23.0 Å². The normalized spacial score (nSPS) is 12.7. The third-order valence-electron chi connectivity index (χ3n) is 10.6. The molecule has 2 heterocycles. The SMILES string of the molecule is c1ccc(-c2ccc(-c3nc(-c4ccccc4)nc(-c4cccc5c4-c4c(ccc6ccccc46)[Si]5(c4ccccc4)c4ccccc4)n3)cc2)cc1. The first-order valence-corrected chi connectivity index (χ1v) is 20.0. The van der Waals surface area contributed by atoms with Crippen LogP contribution in [-0.2, 0) is 0 Å². The van der Waals surface area contributed by atoms with Crippen molar-refractivity contribution >= 4 is 39.6 Å². The van der Waals surface area contributed by atoms with Crippen LogP contribution in [0.4, 0.5) is 0 Å². The summed E-state index contributed by atoms with van der Waals surface area (Å²) in [6.45, 7) is 0. The van der Waals surface area contributed by atoms with E-state index in [2.05, 4.69) is 176 Å². The van der Waals surface area contributed by atoms with Crippen molar-refractivity contribution in [2.45, 2.75) is 0 Å². The van der Waals surface area contributed by atoms with Gasteiger partial charge in [0.1, 0.15) is 0 Å². The molecule has 0 saturated carbocycles. The first kappa shape index (κ1) is 31.0. The second kappa shape index (κ2) is 12.8. The maximum absolute atomic E-state index is 5.32. The van der Waals surface area contributed by atoms with Gasteiger partial charge in [0.2, 0.25) is 0 Å². The summed E-state index contributed by atoms with van der Waals surface area (Å²) >= 11 is 0. The van der Waals surface area contributed by atoms with Crippen molar-refractivity contribution < 1.29 is 0 Å². The highest BCUT2D eigenvalue weighted by molar-refractivity contribution is 7.22. The van der Waals surface area contributed by atoms with Crippen molar-refractivity contribution in [3.8, 4) is 56.4 Å². The summed E-state index contributed by atoms with van der Waals surface area (Å²) in [6, 6.07) is 71.8. The largest absolute Gasteiger partial charge is 0.208 e. The van der Waals surface area contributed by atoms with Gasteiger partial charge in [0.25, 0.3) is 0 Å². The monoisotopic (exact) mass is 691 g/mol. The van der Waals surface area contributed by atoms with Gasteiger partial charge in [-0.15, -0.1) is 0 Å². The average Bonchev–Trinajstić information content (AvgIpc) is 3.56. The van der Waals surface area contributed by atoms with E-state index < -0.39 is 8.07 Å². The van der Waals surface area contributed by atoms with E-state index in [1.807, 2.05) is 24.3 Å². The fraction of sp³-hybridized carbons (Fsp3) is 0. The Bertz CT molecular complexity index is 2710. The summed E-state index contributed by atoms with van der Waals surface area (Å²) in [7, 11) is -2.77. The van der Waals surface area contributed by atoms with Gasteiger partial charge in [-0.05, 0) is 53.8 Å². The number of hydrogen-bond acceptors (Lipinski definition) is 3. The summed E-state index contributed by atoms with van der Waals surface area (Å²) in [5.41, 5.74) is 7.74. The van der Waals surface area contributed by atoms with Gasteiger partial charge in [0.15, 0.2) is 25.5 Å². The zero-order valence-corrected chi connectivity index (χ0v) is 29.9. The maximum Gasteiger partial charge on any atom is 0.180 e. The lowest BCUT2D eigenvalue weighted by atomic mass is 9.94. The number of fused-ring (bicyclic) bond motifs is 5. The van der Waals surface area contributed by atoms with Gasteiger partial charge in [-0.1, -0.05) is 200 Å². The van der Waals surface area contributed by atoms with Gasteiger partial charge in [-0.25, -0.2) is 15.0 Å². The summed E-state index contributed by atoms with van der Waals surface area (Å²) in [4.78, 5) is 15.7. The first-order valence-electron chi connectivity index (χ1n) is 18.0. The highest BCUT2D eigenvalue weighted by Gasteiger charge is 2.50. The molecule has 53 heavy (non-hydrogen) atoms. The van der Waals surface area contributed by atoms with E-state index in [-0.39, 0.29) is 0 Å². The van der Waals surface area contributed by atoms with Crippen LogP contribution in [0.25, 0.3) is 67.2 Å². The highest BCUT2D eigenvalue weighted by Crippen LogP contribution is 2.40. The molecule has 0 fully saturated rings. The van der Waals surface area contributed by atoms with E-state index in [9.17, 15) is 0 Å². The van der Waals surface area contributed by atoms with Gasteiger partial charge < -0.3 is 0 Å². The summed E-state index contributed by atoms with van der Waals surface area (Å²) in [6.07, 6.45) is 0. The lowest BCUT2D eigenvalue weighted by Crippen LogP contribution is -2.72. The van der Waals surface area contributed by atoms with Gasteiger partial charge >= 0.3 is 0 Å². The van der Waals surface area contributed by atoms with Crippen molar-refractivity contribution in [3.63, 3.8) is 0 Å². The van der Waals surface area contributed by atoms with Crippen molar-refractivity contribution in [2.24, 2.45) is 0 Å². The molecule has 9 aromatic rings. The van der Waals surface area contributed by atoms with E-state index in [0.717, 1.165) is 22.3 Å². The Balaban J connectivity index is 1.27. The molecule has 10 rings (SSSR count).